The van der Waals surface area contributed by atoms with Crippen LogP contribution in [0.15, 0.2) is 53.4 Å². The van der Waals surface area contributed by atoms with Crippen molar-refractivity contribution in [3.05, 3.63) is 74.7 Å². The minimum Gasteiger partial charge on any atom is -0.299 e. The fraction of sp³-hybridized carbons (Fsp3) is 0.176. The summed E-state index contributed by atoms with van der Waals surface area (Å²) < 4.78 is 4.48. The van der Waals surface area contributed by atoms with Crippen LogP contribution in [0.4, 0.5) is 0 Å². The molecule has 0 N–H and O–H groups in total. The van der Waals surface area contributed by atoms with E-state index in [1.165, 1.54) is 5.56 Å². The summed E-state index contributed by atoms with van der Waals surface area (Å²) in [6.45, 7) is 0.701. The molecule has 0 radical (unpaired) electrons. The predicted octanol–water partition coefficient (Wildman–Crippen LogP) is 5.60. The van der Waals surface area contributed by atoms with Gasteiger partial charge in [-0.05, 0) is 36.0 Å². The van der Waals surface area contributed by atoms with Crippen molar-refractivity contribution in [1.29, 1.82) is 0 Å². The molecule has 2 aromatic carbocycles. The van der Waals surface area contributed by atoms with Crippen molar-refractivity contribution in [3.8, 4) is 0 Å². The van der Waals surface area contributed by atoms with Crippen LogP contribution in [-0.4, -0.2) is 14.3 Å². The Morgan fingerprint density at radius 1 is 1.12 bits per heavy atom. The summed E-state index contributed by atoms with van der Waals surface area (Å²) in [6.07, 6.45) is 0. The maximum atomic E-state index is 6.24. The average molecular weight is 396 g/mol. The number of hydrogen-bond acceptors (Lipinski definition) is 3. The molecule has 3 aromatic rings. The van der Waals surface area contributed by atoms with Crippen molar-refractivity contribution in [1.82, 2.24) is 14.3 Å². The van der Waals surface area contributed by atoms with Crippen LogP contribution in [0.5, 0.6) is 0 Å². The van der Waals surface area contributed by atoms with Crippen LogP contribution in [-0.2, 0) is 19.3 Å². The number of thioether (sulfide) groups is 1. The Morgan fingerprint density at radius 3 is 2.62 bits per heavy atom. The smallest absolute Gasteiger partial charge is 0.197 e. The lowest BCUT2D eigenvalue weighted by molar-refractivity contribution is 0.720. The third kappa shape index (κ3) is 4.03. The molecule has 3 nitrogen and oxygen atoms in total. The fourth-order valence-electron chi connectivity index (χ4n) is 2.32. The summed E-state index contributed by atoms with van der Waals surface area (Å²) >= 11 is 19.4. The number of benzene rings is 2. The van der Waals surface area contributed by atoms with Crippen LogP contribution in [0, 0.1) is 4.77 Å². The Hall–Kier alpha value is -1.27. The second-order valence-electron chi connectivity index (χ2n) is 5.26. The highest BCUT2D eigenvalue weighted by Gasteiger charge is 2.11. The van der Waals surface area contributed by atoms with Gasteiger partial charge in [-0.2, -0.15) is 5.10 Å². The lowest BCUT2D eigenvalue weighted by atomic mass is 10.2. The Balaban J connectivity index is 1.84. The fourth-order valence-corrected chi connectivity index (χ4v) is 3.96. The summed E-state index contributed by atoms with van der Waals surface area (Å²) in [5.74, 6) is 1.57. The minimum atomic E-state index is 0.664. The van der Waals surface area contributed by atoms with Gasteiger partial charge in [0.15, 0.2) is 4.77 Å². The molecule has 124 valence electrons. The van der Waals surface area contributed by atoms with Gasteiger partial charge in [-0.25, -0.2) is 4.68 Å². The van der Waals surface area contributed by atoms with E-state index in [1.54, 1.807) is 28.6 Å². The first-order valence-corrected chi connectivity index (χ1v) is 9.44. The number of hydrogen-bond donors (Lipinski definition) is 0. The van der Waals surface area contributed by atoms with Gasteiger partial charge in [-0.1, -0.05) is 53.5 Å². The molecule has 3 rings (SSSR count). The Kier molecular flexibility index (Phi) is 5.66. The van der Waals surface area contributed by atoms with Crippen LogP contribution in [0.2, 0.25) is 10.0 Å². The monoisotopic (exact) mass is 395 g/mol. The van der Waals surface area contributed by atoms with Gasteiger partial charge in [-0.3, -0.25) is 4.57 Å². The lowest BCUT2D eigenvalue weighted by Gasteiger charge is -2.08. The highest BCUT2D eigenvalue weighted by atomic mass is 35.5. The number of rotatable bonds is 5. The zero-order valence-electron chi connectivity index (χ0n) is 12.9. The first-order valence-electron chi connectivity index (χ1n) is 7.29. The third-order valence-electron chi connectivity index (χ3n) is 3.52. The summed E-state index contributed by atoms with van der Waals surface area (Å²) in [6, 6.07) is 15.7. The second kappa shape index (κ2) is 7.74. The van der Waals surface area contributed by atoms with Crippen LogP contribution >= 0.6 is 47.2 Å². The molecule has 0 amide bonds. The molecule has 0 spiro atoms. The molecule has 0 saturated heterocycles. The Bertz CT molecular complexity index is 904. The maximum absolute atomic E-state index is 6.24. The number of halogens is 2. The molecule has 0 saturated carbocycles. The van der Waals surface area contributed by atoms with E-state index >= 15 is 0 Å². The average Bonchev–Trinajstić information content (AvgIpc) is 2.84. The van der Waals surface area contributed by atoms with Gasteiger partial charge in [0.05, 0.1) is 17.3 Å². The van der Waals surface area contributed by atoms with E-state index in [-0.39, 0.29) is 0 Å². The number of aromatic nitrogens is 3. The van der Waals surface area contributed by atoms with Crippen LogP contribution in [0.3, 0.4) is 0 Å². The van der Waals surface area contributed by atoms with Crippen LogP contribution in [0.25, 0.3) is 0 Å². The van der Waals surface area contributed by atoms with E-state index in [2.05, 4.69) is 21.8 Å². The molecule has 0 bridgehead atoms. The summed E-state index contributed by atoms with van der Waals surface area (Å²) in [7, 11) is 1.87. The van der Waals surface area contributed by atoms with Crippen LogP contribution < -0.4 is 0 Å². The molecule has 0 unspecified atom stereocenters. The Morgan fingerprint density at radius 2 is 1.88 bits per heavy atom. The van der Waals surface area contributed by atoms with Crippen LogP contribution in [0.1, 0.15) is 11.4 Å². The quantitative estimate of drug-likeness (QED) is 0.414. The van der Waals surface area contributed by atoms with Crippen molar-refractivity contribution >= 4 is 47.2 Å². The number of nitrogens with zero attached hydrogens (tertiary/aromatic N) is 3. The van der Waals surface area contributed by atoms with Gasteiger partial charge in [0.25, 0.3) is 0 Å². The second-order valence-corrected chi connectivity index (χ2v) is 7.48. The zero-order valence-corrected chi connectivity index (χ0v) is 16.1. The lowest BCUT2D eigenvalue weighted by Crippen LogP contribution is -2.04. The van der Waals surface area contributed by atoms with Gasteiger partial charge >= 0.3 is 0 Å². The molecule has 1 aromatic heterocycles. The number of aryl methyl sites for hydroxylation is 1. The van der Waals surface area contributed by atoms with Gasteiger partial charge in [0.1, 0.15) is 5.82 Å². The minimum absolute atomic E-state index is 0.664. The van der Waals surface area contributed by atoms with Gasteiger partial charge in [-0.15, -0.1) is 11.8 Å². The zero-order chi connectivity index (χ0) is 17.1. The largest absolute Gasteiger partial charge is 0.299 e. The SMILES string of the molecule is Cn1nc(CSc2cc(Cl)ccc2Cl)n(Cc2ccccc2)c1=S. The summed E-state index contributed by atoms with van der Waals surface area (Å²) in [4.78, 5) is 0.937. The normalized spacial score (nSPS) is 11.0. The summed E-state index contributed by atoms with van der Waals surface area (Å²) in [5.41, 5.74) is 1.19. The molecule has 24 heavy (non-hydrogen) atoms. The van der Waals surface area contributed by atoms with Crippen molar-refractivity contribution in [3.63, 3.8) is 0 Å². The standard InChI is InChI=1S/C17H15Cl2N3S2/c1-21-17(23)22(10-12-5-3-2-4-6-12)16(20-21)11-24-15-9-13(18)7-8-14(15)19/h2-9H,10-11H2,1H3. The van der Waals surface area contributed by atoms with E-state index in [9.17, 15) is 0 Å². The maximum Gasteiger partial charge on any atom is 0.197 e. The van der Waals surface area contributed by atoms with E-state index < -0.39 is 0 Å². The molecule has 0 atom stereocenters. The summed E-state index contributed by atoms with van der Waals surface area (Å²) in [5, 5.41) is 5.91. The van der Waals surface area contributed by atoms with E-state index in [1.807, 2.05) is 31.3 Å². The van der Waals surface area contributed by atoms with Crippen molar-refractivity contribution in [2.75, 3.05) is 0 Å². The van der Waals surface area contributed by atoms with E-state index in [4.69, 9.17) is 35.4 Å². The molecular weight excluding hydrogens is 381 g/mol. The Labute approximate surface area is 160 Å². The van der Waals surface area contributed by atoms with Gasteiger partial charge in [0, 0.05) is 17.0 Å². The molecular formula is C17H15Cl2N3S2. The highest BCUT2D eigenvalue weighted by Crippen LogP contribution is 2.31. The topological polar surface area (TPSA) is 22.8 Å². The molecule has 0 fully saturated rings. The van der Waals surface area contributed by atoms with Crippen molar-refractivity contribution in [2.24, 2.45) is 7.05 Å². The molecule has 0 aliphatic carbocycles. The predicted molar refractivity (Wildman–Crippen MR) is 104 cm³/mol. The van der Waals surface area contributed by atoms with Crippen molar-refractivity contribution in [2.45, 2.75) is 17.2 Å². The highest BCUT2D eigenvalue weighted by molar-refractivity contribution is 7.98. The van der Waals surface area contributed by atoms with Gasteiger partial charge in [0.2, 0.25) is 0 Å². The molecule has 7 heteroatoms. The first kappa shape index (κ1) is 17.5. The molecule has 1 heterocycles. The van der Waals surface area contributed by atoms with E-state index in [0.717, 1.165) is 10.7 Å². The molecule has 0 aliphatic heterocycles. The molecule has 0 aliphatic rings. The third-order valence-corrected chi connectivity index (χ3v) is 5.73. The van der Waals surface area contributed by atoms with Gasteiger partial charge < -0.3 is 0 Å². The van der Waals surface area contributed by atoms with E-state index in [0.29, 0.717) is 27.1 Å². The van der Waals surface area contributed by atoms with Crippen molar-refractivity contribution < 1.29 is 0 Å². The first-order chi connectivity index (χ1) is 11.5.